The van der Waals surface area contributed by atoms with Crippen LogP contribution < -0.4 is 14.8 Å². The van der Waals surface area contributed by atoms with E-state index in [1.807, 2.05) is 0 Å². The number of hydrogen-bond acceptors (Lipinski definition) is 6. The Morgan fingerprint density at radius 3 is 2.17 bits per heavy atom. The van der Waals surface area contributed by atoms with E-state index in [0.717, 1.165) is 32.7 Å². The van der Waals surface area contributed by atoms with Crippen molar-refractivity contribution in [2.24, 2.45) is 5.14 Å². The molecule has 0 atom stereocenters. The minimum absolute atomic E-state index is 0.0154. The summed E-state index contributed by atoms with van der Waals surface area (Å²) in [6.45, 7) is 7.00. The van der Waals surface area contributed by atoms with Gasteiger partial charge in [0.05, 0.1) is 9.79 Å². The number of hydrogen-bond donors (Lipinski definition) is 2. The number of rotatable bonds is 8. The summed E-state index contributed by atoms with van der Waals surface area (Å²) in [6, 6.07) is 13.4. The Hall–Kier alpha value is -1.98. The number of nitrogens with two attached hydrogens (primary N) is 1. The summed E-state index contributed by atoms with van der Waals surface area (Å²) in [5.41, 5.74) is 2.50. The zero-order valence-electron chi connectivity index (χ0n) is 17.0. The van der Waals surface area contributed by atoms with Crippen molar-refractivity contribution in [3.8, 4) is 0 Å². The Labute approximate surface area is 178 Å². The van der Waals surface area contributed by atoms with Crippen LogP contribution in [0.3, 0.4) is 0 Å². The average molecular weight is 453 g/mol. The number of anilines is 1. The molecular formula is C20H28N4O4S2. The molecule has 2 aromatic rings. The van der Waals surface area contributed by atoms with E-state index in [9.17, 15) is 16.8 Å². The SMILES string of the molecule is Cc1cccc(N2CCN(CCCNS(=O)(=O)c3ccc(S(N)(=O)=O)cc3)CC2)c1. The molecule has 3 rings (SSSR count). The summed E-state index contributed by atoms with van der Waals surface area (Å²) in [4.78, 5) is 4.60. The molecule has 30 heavy (non-hydrogen) atoms. The van der Waals surface area contributed by atoms with E-state index in [0.29, 0.717) is 13.0 Å². The van der Waals surface area contributed by atoms with E-state index in [-0.39, 0.29) is 9.79 Å². The van der Waals surface area contributed by atoms with Crippen LogP contribution in [-0.2, 0) is 20.0 Å². The lowest BCUT2D eigenvalue weighted by atomic mass is 10.2. The van der Waals surface area contributed by atoms with Crippen LogP contribution in [-0.4, -0.2) is 61.0 Å². The summed E-state index contributed by atoms with van der Waals surface area (Å²) in [5, 5.41) is 5.03. The van der Waals surface area contributed by atoms with E-state index >= 15 is 0 Å². The molecule has 0 aromatic heterocycles. The molecule has 0 aliphatic carbocycles. The number of primary sulfonamides is 1. The van der Waals surface area contributed by atoms with Gasteiger partial charge in [-0.05, 0) is 61.9 Å². The topological polar surface area (TPSA) is 113 Å². The Kier molecular flexibility index (Phi) is 7.14. The van der Waals surface area contributed by atoms with Crippen LogP contribution in [0.1, 0.15) is 12.0 Å². The van der Waals surface area contributed by atoms with Crippen molar-refractivity contribution in [1.29, 1.82) is 0 Å². The fourth-order valence-corrected chi connectivity index (χ4v) is 5.04. The maximum absolute atomic E-state index is 12.4. The lowest BCUT2D eigenvalue weighted by Crippen LogP contribution is -2.47. The zero-order valence-corrected chi connectivity index (χ0v) is 18.6. The predicted molar refractivity (Wildman–Crippen MR) is 117 cm³/mol. The molecule has 164 valence electrons. The van der Waals surface area contributed by atoms with Gasteiger partial charge >= 0.3 is 0 Å². The Balaban J connectivity index is 1.43. The van der Waals surface area contributed by atoms with Crippen molar-refractivity contribution < 1.29 is 16.8 Å². The minimum Gasteiger partial charge on any atom is -0.369 e. The number of sulfonamides is 2. The molecule has 1 saturated heterocycles. The summed E-state index contributed by atoms with van der Waals surface area (Å²) < 4.78 is 49.8. The maximum Gasteiger partial charge on any atom is 0.240 e. The van der Waals surface area contributed by atoms with Crippen LogP contribution in [0.5, 0.6) is 0 Å². The first-order valence-corrected chi connectivity index (χ1v) is 12.8. The zero-order chi connectivity index (χ0) is 21.8. The Morgan fingerprint density at radius 2 is 1.57 bits per heavy atom. The fraction of sp³-hybridized carbons (Fsp3) is 0.400. The second-order valence-corrected chi connectivity index (χ2v) is 10.8. The highest BCUT2D eigenvalue weighted by atomic mass is 32.2. The number of aryl methyl sites for hydroxylation is 1. The normalized spacial score (nSPS) is 16.0. The Bertz CT molecular complexity index is 1060. The molecule has 2 aromatic carbocycles. The monoisotopic (exact) mass is 452 g/mol. The van der Waals surface area contributed by atoms with Crippen LogP contribution in [0, 0.1) is 6.92 Å². The highest BCUT2D eigenvalue weighted by Gasteiger charge is 2.18. The molecule has 0 bridgehead atoms. The summed E-state index contributed by atoms with van der Waals surface area (Å²) in [6.07, 6.45) is 0.693. The summed E-state index contributed by atoms with van der Waals surface area (Å²) in [5.74, 6) is 0. The fourth-order valence-electron chi connectivity index (χ4n) is 3.46. The van der Waals surface area contributed by atoms with Gasteiger partial charge in [0.25, 0.3) is 0 Å². The molecular weight excluding hydrogens is 424 g/mol. The molecule has 1 fully saturated rings. The molecule has 10 heteroatoms. The van der Waals surface area contributed by atoms with Gasteiger partial charge < -0.3 is 4.90 Å². The van der Waals surface area contributed by atoms with Crippen LogP contribution in [0.15, 0.2) is 58.3 Å². The van der Waals surface area contributed by atoms with E-state index < -0.39 is 20.0 Å². The lowest BCUT2D eigenvalue weighted by molar-refractivity contribution is 0.255. The van der Waals surface area contributed by atoms with Gasteiger partial charge in [0.1, 0.15) is 0 Å². The van der Waals surface area contributed by atoms with Gasteiger partial charge in [0.2, 0.25) is 20.0 Å². The third-order valence-corrected chi connectivity index (χ3v) is 7.55. The van der Waals surface area contributed by atoms with Crippen molar-refractivity contribution in [3.63, 3.8) is 0 Å². The van der Waals surface area contributed by atoms with Crippen molar-refractivity contribution >= 4 is 25.7 Å². The van der Waals surface area contributed by atoms with Crippen LogP contribution >= 0.6 is 0 Å². The van der Waals surface area contributed by atoms with Gasteiger partial charge in [-0.3, -0.25) is 4.90 Å². The molecule has 0 spiro atoms. The van der Waals surface area contributed by atoms with Gasteiger partial charge in [0.15, 0.2) is 0 Å². The van der Waals surface area contributed by atoms with Crippen LogP contribution in [0.4, 0.5) is 5.69 Å². The highest BCUT2D eigenvalue weighted by Crippen LogP contribution is 2.18. The van der Waals surface area contributed by atoms with E-state index in [1.165, 1.54) is 35.5 Å². The van der Waals surface area contributed by atoms with Crippen molar-refractivity contribution in [2.45, 2.75) is 23.1 Å². The van der Waals surface area contributed by atoms with Crippen molar-refractivity contribution in [3.05, 3.63) is 54.1 Å². The number of benzene rings is 2. The number of nitrogens with one attached hydrogen (secondary N) is 1. The molecule has 1 aliphatic heterocycles. The Morgan fingerprint density at radius 1 is 0.933 bits per heavy atom. The molecule has 1 aliphatic rings. The third kappa shape index (κ3) is 6.02. The maximum atomic E-state index is 12.4. The second-order valence-electron chi connectivity index (χ2n) is 7.44. The molecule has 0 amide bonds. The van der Waals surface area contributed by atoms with Gasteiger partial charge in [-0.25, -0.2) is 26.7 Å². The van der Waals surface area contributed by atoms with Gasteiger partial charge in [-0.15, -0.1) is 0 Å². The lowest BCUT2D eigenvalue weighted by Gasteiger charge is -2.36. The van der Waals surface area contributed by atoms with E-state index in [4.69, 9.17) is 5.14 Å². The largest absolute Gasteiger partial charge is 0.369 e. The van der Waals surface area contributed by atoms with Crippen LogP contribution in [0.25, 0.3) is 0 Å². The van der Waals surface area contributed by atoms with Crippen molar-refractivity contribution in [1.82, 2.24) is 9.62 Å². The van der Waals surface area contributed by atoms with E-state index in [2.05, 4.69) is 45.7 Å². The first kappa shape index (κ1) is 22.7. The minimum atomic E-state index is -3.85. The average Bonchev–Trinajstić information content (AvgIpc) is 2.71. The number of nitrogens with zero attached hydrogens (tertiary/aromatic N) is 2. The molecule has 0 radical (unpaired) electrons. The van der Waals surface area contributed by atoms with Gasteiger partial charge in [-0.1, -0.05) is 12.1 Å². The summed E-state index contributed by atoms with van der Waals surface area (Å²) >= 11 is 0. The molecule has 8 nitrogen and oxygen atoms in total. The molecule has 0 unspecified atom stereocenters. The first-order valence-electron chi connectivity index (χ1n) is 9.82. The second kappa shape index (κ2) is 9.44. The predicted octanol–water partition coefficient (Wildman–Crippen LogP) is 1.13. The van der Waals surface area contributed by atoms with Gasteiger partial charge in [0, 0.05) is 38.4 Å². The smallest absolute Gasteiger partial charge is 0.240 e. The van der Waals surface area contributed by atoms with Gasteiger partial charge in [-0.2, -0.15) is 0 Å². The molecule has 3 N–H and O–H groups in total. The van der Waals surface area contributed by atoms with Crippen molar-refractivity contribution in [2.75, 3.05) is 44.2 Å². The standard InChI is InChI=1S/C20H28N4O4S2/c1-17-4-2-5-18(16-17)24-14-12-23(13-15-24)11-3-10-22-30(27,28)20-8-6-19(7-9-20)29(21,25)26/h2,4-9,16,22H,3,10-15H2,1H3,(H2,21,25,26). The van der Waals surface area contributed by atoms with E-state index in [1.54, 1.807) is 0 Å². The van der Waals surface area contributed by atoms with Crippen LogP contribution in [0.2, 0.25) is 0 Å². The molecule has 1 heterocycles. The number of piperazine rings is 1. The quantitative estimate of drug-likeness (QED) is 0.581. The first-order chi connectivity index (χ1) is 14.1. The summed E-state index contributed by atoms with van der Waals surface area (Å²) in [7, 11) is -7.53. The highest BCUT2D eigenvalue weighted by molar-refractivity contribution is 7.89. The third-order valence-electron chi connectivity index (χ3n) is 5.14. The molecule has 0 saturated carbocycles.